The van der Waals surface area contributed by atoms with Crippen molar-refractivity contribution in [2.45, 2.75) is 45.1 Å². The summed E-state index contributed by atoms with van der Waals surface area (Å²) in [7, 11) is 0. The molecule has 2 fully saturated rings. The topological polar surface area (TPSA) is 63.2 Å². The Kier molecular flexibility index (Phi) is 5.77. The highest BCUT2D eigenvalue weighted by Gasteiger charge is 2.28. The summed E-state index contributed by atoms with van der Waals surface area (Å²) in [5.74, 6) is 2.41. The molecule has 2 aromatic heterocycles. The van der Waals surface area contributed by atoms with Crippen LogP contribution in [0.1, 0.15) is 49.7 Å². The quantitative estimate of drug-likeness (QED) is 0.856. The molecule has 0 bridgehead atoms. The maximum atomic E-state index is 5.53. The number of likely N-dealkylation sites (tertiary alicyclic amines) is 1. The van der Waals surface area contributed by atoms with Gasteiger partial charge in [-0.1, -0.05) is 6.42 Å². The van der Waals surface area contributed by atoms with E-state index in [2.05, 4.69) is 26.3 Å². The number of rotatable bonds is 5. The van der Waals surface area contributed by atoms with Crippen LogP contribution in [0.25, 0.3) is 0 Å². The molecule has 2 aliphatic rings. The third-order valence-electron chi connectivity index (χ3n) is 5.31. The second kappa shape index (κ2) is 8.41. The summed E-state index contributed by atoms with van der Waals surface area (Å²) in [6.07, 6.45) is 7.90. The second-order valence-corrected chi connectivity index (χ2v) is 8.14. The van der Waals surface area contributed by atoms with Crippen molar-refractivity contribution in [3.8, 4) is 0 Å². The fourth-order valence-corrected chi connectivity index (χ4v) is 4.56. The Hall–Kier alpha value is -1.57. The van der Waals surface area contributed by atoms with Crippen LogP contribution in [-0.2, 0) is 4.74 Å². The number of anilines is 2. The molecule has 0 aromatic carbocycles. The number of aryl methyl sites for hydroxylation is 1. The van der Waals surface area contributed by atoms with Crippen molar-refractivity contribution in [3.05, 3.63) is 29.2 Å². The molecule has 1 N–H and O–H groups in total. The minimum absolute atomic E-state index is 0.394. The smallest absolute Gasteiger partial charge is 0.188 e. The fraction of sp³-hybridized carbons (Fsp3) is 0.632. The fourth-order valence-electron chi connectivity index (χ4n) is 4.03. The second-order valence-electron chi connectivity index (χ2n) is 7.25. The van der Waals surface area contributed by atoms with Crippen LogP contribution in [0.2, 0.25) is 0 Å². The zero-order chi connectivity index (χ0) is 17.8. The molecule has 0 aliphatic carbocycles. The molecule has 26 heavy (non-hydrogen) atoms. The van der Waals surface area contributed by atoms with E-state index in [-0.39, 0.29) is 0 Å². The normalized spacial score (nSPS) is 22.4. The molecule has 2 aromatic rings. The van der Waals surface area contributed by atoms with Crippen LogP contribution < -0.4 is 5.32 Å². The van der Waals surface area contributed by atoms with Gasteiger partial charge in [-0.25, -0.2) is 15.0 Å². The number of thiazole rings is 1. The van der Waals surface area contributed by atoms with E-state index in [1.807, 2.05) is 12.3 Å². The average molecular weight is 374 g/mol. The Labute approximate surface area is 159 Å². The summed E-state index contributed by atoms with van der Waals surface area (Å²) < 4.78 is 5.53. The molecule has 0 amide bonds. The molecule has 0 unspecified atom stereocenters. The summed E-state index contributed by atoms with van der Waals surface area (Å²) in [6.45, 7) is 6.13. The van der Waals surface area contributed by atoms with Crippen LogP contribution in [0.5, 0.6) is 0 Å². The van der Waals surface area contributed by atoms with Gasteiger partial charge in [0.15, 0.2) is 5.13 Å². The lowest BCUT2D eigenvalue weighted by Crippen LogP contribution is -2.39. The zero-order valence-electron chi connectivity index (χ0n) is 15.4. The first-order valence-electron chi connectivity index (χ1n) is 9.62. The van der Waals surface area contributed by atoms with E-state index in [9.17, 15) is 0 Å². The first-order chi connectivity index (χ1) is 12.8. The van der Waals surface area contributed by atoms with Gasteiger partial charge in [-0.3, -0.25) is 4.90 Å². The van der Waals surface area contributed by atoms with Gasteiger partial charge in [-0.15, -0.1) is 11.3 Å². The molecule has 4 heterocycles. The van der Waals surface area contributed by atoms with E-state index in [1.165, 1.54) is 38.6 Å². The van der Waals surface area contributed by atoms with E-state index in [0.717, 1.165) is 48.1 Å². The van der Waals surface area contributed by atoms with Crippen LogP contribution in [0.3, 0.4) is 0 Å². The van der Waals surface area contributed by atoms with Crippen LogP contribution in [0.4, 0.5) is 10.9 Å². The molecule has 2 aliphatic heterocycles. The molecule has 6 nitrogen and oxygen atoms in total. The molecular formula is C19H27N5OS. The predicted molar refractivity (Wildman–Crippen MR) is 104 cm³/mol. The van der Waals surface area contributed by atoms with Gasteiger partial charge in [0.25, 0.3) is 0 Å². The van der Waals surface area contributed by atoms with Crippen molar-refractivity contribution in [1.29, 1.82) is 0 Å². The van der Waals surface area contributed by atoms with Crippen molar-refractivity contribution >= 4 is 22.3 Å². The van der Waals surface area contributed by atoms with Crippen molar-refractivity contribution in [1.82, 2.24) is 19.9 Å². The summed E-state index contributed by atoms with van der Waals surface area (Å²) >= 11 is 1.58. The lowest BCUT2D eigenvalue weighted by Gasteiger charge is -2.38. The number of piperidine rings is 1. The zero-order valence-corrected chi connectivity index (χ0v) is 16.2. The van der Waals surface area contributed by atoms with Gasteiger partial charge < -0.3 is 10.1 Å². The van der Waals surface area contributed by atoms with E-state index >= 15 is 0 Å². The summed E-state index contributed by atoms with van der Waals surface area (Å²) in [5.41, 5.74) is 1.14. The maximum absolute atomic E-state index is 5.53. The first-order valence-corrected chi connectivity index (χ1v) is 10.5. The molecule has 0 radical (unpaired) electrons. The lowest BCUT2D eigenvalue weighted by molar-refractivity contribution is 0.0376. The van der Waals surface area contributed by atoms with Crippen LogP contribution in [-0.4, -0.2) is 46.2 Å². The van der Waals surface area contributed by atoms with Gasteiger partial charge in [0.05, 0.1) is 11.7 Å². The summed E-state index contributed by atoms with van der Waals surface area (Å²) in [4.78, 5) is 16.3. The van der Waals surface area contributed by atoms with Crippen LogP contribution in [0, 0.1) is 12.8 Å². The summed E-state index contributed by atoms with van der Waals surface area (Å²) in [6, 6.07) is 2.51. The third kappa shape index (κ3) is 4.39. The summed E-state index contributed by atoms with van der Waals surface area (Å²) in [5, 5.41) is 6.16. The molecule has 0 saturated carbocycles. The van der Waals surface area contributed by atoms with E-state index in [1.54, 1.807) is 17.5 Å². The number of ether oxygens (including phenoxy) is 1. The molecule has 4 rings (SSSR count). The number of hydrogen-bond acceptors (Lipinski definition) is 7. The van der Waals surface area contributed by atoms with E-state index in [4.69, 9.17) is 9.72 Å². The van der Waals surface area contributed by atoms with Crippen molar-refractivity contribution in [2.24, 2.45) is 5.92 Å². The predicted octanol–water partition coefficient (Wildman–Crippen LogP) is 3.94. The monoisotopic (exact) mass is 373 g/mol. The highest BCUT2D eigenvalue weighted by Crippen LogP contribution is 2.33. The Bertz CT molecular complexity index is 702. The SMILES string of the molecule is Cc1nc(Nc2nccs2)cc([C@H]2CCCCN2CC2CCOCC2)n1. The number of aromatic nitrogens is 3. The molecular weight excluding hydrogens is 346 g/mol. The van der Waals surface area contributed by atoms with Crippen LogP contribution >= 0.6 is 11.3 Å². The third-order valence-corrected chi connectivity index (χ3v) is 6.00. The number of hydrogen-bond donors (Lipinski definition) is 1. The number of nitrogens with zero attached hydrogens (tertiary/aromatic N) is 4. The number of nitrogens with one attached hydrogen (secondary N) is 1. The van der Waals surface area contributed by atoms with Gasteiger partial charge in [-0.05, 0) is 45.1 Å². The van der Waals surface area contributed by atoms with Gasteiger partial charge in [-0.2, -0.15) is 0 Å². The lowest BCUT2D eigenvalue weighted by atomic mass is 9.94. The first kappa shape index (κ1) is 17.8. The molecule has 140 valence electrons. The Balaban J connectivity index is 1.52. The maximum Gasteiger partial charge on any atom is 0.188 e. The average Bonchev–Trinajstić information content (AvgIpc) is 3.15. The molecule has 1 atom stereocenters. The minimum atomic E-state index is 0.394. The Morgan fingerprint density at radius 1 is 1.23 bits per heavy atom. The highest BCUT2D eigenvalue weighted by atomic mass is 32.1. The van der Waals surface area contributed by atoms with Gasteiger partial charge in [0.2, 0.25) is 0 Å². The molecule has 7 heteroatoms. The minimum Gasteiger partial charge on any atom is -0.381 e. The highest BCUT2D eigenvalue weighted by molar-refractivity contribution is 7.13. The van der Waals surface area contributed by atoms with Gasteiger partial charge in [0, 0.05) is 37.4 Å². The Morgan fingerprint density at radius 2 is 2.12 bits per heavy atom. The Morgan fingerprint density at radius 3 is 2.92 bits per heavy atom. The van der Waals surface area contributed by atoms with Crippen molar-refractivity contribution in [2.75, 3.05) is 31.6 Å². The van der Waals surface area contributed by atoms with Gasteiger partial charge >= 0.3 is 0 Å². The van der Waals surface area contributed by atoms with Crippen molar-refractivity contribution in [3.63, 3.8) is 0 Å². The van der Waals surface area contributed by atoms with Crippen LogP contribution in [0.15, 0.2) is 17.6 Å². The van der Waals surface area contributed by atoms with Gasteiger partial charge in [0.1, 0.15) is 11.6 Å². The van der Waals surface area contributed by atoms with Crippen molar-refractivity contribution < 1.29 is 4.74 Å². The molecule has 2 saturated heterocycles. The molecule has 0 spiro atoms. The standard InChI is InChI=1S/C19H27N5OS/c1-14-21-16(12-18(22-14)23-19-20-7-11-26-19)17-4-2-3-8-24(17)13-15-5-9-25-10-6-15/h7,11-12,15,17H,2-6,8-10,13H2,1H3,(H,20,21,22,23)/t17-/m1/s1. The van der Waals surface area contributed by atoms with E-state index < -0.39 is 0 Å². The largest absolute Gasteiger partial charge is 0.381 e. The van der Waals surface area contributed by atoms with E-state index in [0.29, 0.717) is 6.04 Å².